The molecule has 1 aromatic carbocycles. The van der Waals surface area contributed by atoms with Crippen molar-refractivity contribution in [3.05, 3.63) is 35.9 Å². The predicted octanol–water partition coefficient (Wildman–Crippen LogP) is 3.30. The quantitative estimate of drug-likeness (QED) is 0.924. The number of hydrogen-bond acceptors (Lipinski definition) is 2. The molecule has 3 nitrogen and oxygen atoms in total. The average molecular weight is 288 g/mol. The minimum Gasteiger partial charge on any atom is -0.341 e. The van der Waals surface area contributed by atoms with Crippen LogP contribution in [0.1, 0.15) is 57.4 Å². The van der Waals surface area contributed by atoms with Crippen LogP contribution in [0.5, 0.6) is 0 Å². The van der Waals surface area contributed by atoms with E-state index in [-0.39, 0.29) is 5.91 Å². The zero-order chi connectivity index (χ0) is 15.3. The van der Waals surface area contributed by atoms with Crippen molar-refractivity contribution >= 4 is 5.91 Å². The van der Waals surface area contributed by atoms with Crippen molar-refractivity contribution in [3.8, 4) is 0 Å². The van der Waals surface area contributed by atoms with Crippen molar-refractivity contribution in [1.29, 1.82) is 0 Å². The summed E-state index contributed by atoms with van der Waals surface area (Å²) < 4.78 is 0. The molecule has 1 aromatic rings. The van der Waals surface area contributed by atoms with Gasteiger partial charge in [-0.25, -0.2) is 0 Å². The maximum Gasteiger partial charge on any atom is 0.242 e. The highest BCUT2D eigenvalue weighted by Crippen LogP contribution is 2.28. The van der Waals surface area contributed by atoms with Gasteiger partial charge in [-0.1, -0.05) is 43.7 Å². The largest absolute Gasteiger partial charge is 0.341 e. The maximum absolute atomic E-state index is 12.6. The highest BCUT2D eigenvalue weighted by Gasteiger charge is 2.32. The van der Waals surface area contributed by atoms with Crippen molar-refractivity contribution in [2.75, 3.05) is 13.1 Å². The van der Waals surface area contributed by atoms with Crippen molar-refractivity contribution in [2.45, 2.75) is 57.4 Å². The number of amides is 1. The summed E-state index contributed by atoms with van der Waals surface area (Å²) >= 11 is 0. The van der Waals surface area contributed by atoms with E-state index in [9.17, 15) is 4.79 Å². The molecule has 2 N–H and O–H groups in total. The van der Waals surface area contributed by atoms with Gasteiger partial charge in [0.1, 0.15) is 0 Å². The van der Waals surface area contributed by atoms with Gasteiger partial charge in [-0.05, 0) is 44.1 Å². The third-order valence-electron chi connectivity index (χ3n) is 4.54. The smallest absolute Gasteiger partial charge is 0.242 e. The second-order valence-electron chi connectivity index (χ2n) is 6.50. The first-order valence-corrected chi connectivity index (χ1v) is 8.18. The second-order valence-corrected chi connectivity index (χ2v) is 6.50. The number of likely N-dealkylation sites (tertiary alicyclic amines) is 1. The van der Waals surface area contributed by atoms with Crippen LogP contribution in [0.4, 0.5) is 0 Å². The molecule has 0 bridgehead atoms. The fraction of sp³-hybridized carbons (Fsp3) is 0.611. The molecular formula is C18H28N2O. The highest BCUT2D eigenvalue weighted by atomic mass is 16.2. The molecule has 1 saturated heterocycles. The van der Waals surface area contributed by atoms with Crippen LogP contribution in [0, 0.1) is 0 Å². The number of carbonyl (C=O) groups is 1. The summed E-state index contributed by atoms with van der Waals surface area (Å²) in [5.74, 6) is 0.692. The third-order valence-corrected chi connectivity index (χ3v) is 4.54. The zero-order valence-corrected chi connectivity index (χ0v) is 13.3. The normalized spacial score (nSPS) is 22.4. The van der Waals surface area contributed by atoms with Crippen LogP contribution >= 0.6 is 0 Å². The van der Waals surface area contributed by atoms with Gasteiger partial charge in [0.25, 0.3) is 0 Å². The van der Waals surface area contributed by atoms with Crippen LogP contribution in [-0.2, 0) is 4.79 Å². The Bertz CT molecular complexity index is 456. The van der Waals surface area contributed by atoms with E-state index in [1.165, 1.54) is 5.56 Å². The summed E-state index contributed by atoms with van der Waals surface area (Å²) in [4.78, 5) is 14.6. The van der Waals surface area contributed by atoms with E-state index in [2.05, 4.69) is 37.3 Å². The van der Waals surface area contributed by atoms with E-state index < -0.39 is 5.54 Å². The lowest BCUT2D eigenvalue weighted by molar-refractivity contribution is -0.136. The van der Waals surface area contributed by atoms with Gasteiger partial charge in [0.2, 0.25) is 5.91 Å². The Kier molecular flexibility index (Phi) is 5.40. The number of carbonyl (C=O) groups excluding carboxylic acids is 1. The Balaban J connectivity index is 1.99. The van der Waals surface area contributed by atoms with Crippen LogP contribution in [0.25, 0.3) is 0 Å². The first-order valence-electron chi connectivity index (χ1n) is 8.18. The molecule has 1 fully saturated rings. The molecule has 1 aliphatic heterocycles. The van der Waals surface area contributed by atoms with Gasteiger partial charge in [0, 0.05) is 13.1 Å². The Hall–Kier alpha value is -1.35. The summed E-state index contributed by atoms with van der Waals surface area (Å²) in [6.45, 7) is 5.62. The molecule has 2 atom stereocenters. The Morgan fingerprint density at radius 2 is 2.00 bits per heavy atom. The van der Waals surface area contributed by atoms with Gasteiger partial charge in [-0.2, -0.15) is 0 Å². The molecule has 2 rings (SSSR count). The molecule has 116 valence electrons. The van der Waals surface area contributed by atoms with E-state index in [1.807, 2.05) is 11.8 Å². The maximum atomic E-state index is 12.6. The molecule has 1 heterocycles. The number of hydrogen-bond donors (Lipinski definition) is 1. The van der Waals surface area contributed by atoms with Gasteiger partial charge < -0.3 is 10.6 Å². The number of nitrogens with zero attached hydrogens (tertiary/aromatic N) is 1. The van der Waals surface area contributed by atoms with Gasteiger partial charge in [0.05, 0.1) is 5.54 Å². The van der Waals surface area contributed by atoms with Crippen LogP contribution in [0.15, 0.2) is 30.3 Å². The van der Waals surface area contributed by atoms with E-state index in [4.69, 9.17) is 5.73 Å². The summed E-state index contributed by atoms with van der Waals surface area (Å²) in [6, 6.07) is 10.7. The monoisotopic (exact) mass is 288 g/mol. The van der Waals surface area contributed by atoms with E-state index in [0.29, 0.717) is 5.92 Å². The topological polar surface area (TPSA) is 46.3 Å². The van der Waals surface area contributed by atoms with E-state index in [1.54, 1.807) is 0 Å². The lowest BCUT2D eigenvalue weighted by Gasteiger charge is -2.31. The number of nitrogens with two attached hydrogens (primary N) is 1. The van der Waals surface area contributed by atoms with Crippen LogP contribution in [0.3, 0.4) is 0 Å². The fourth-order valence-electron chi connectivity index (χ4n) is 3.35. The lowest BCUT2D eigenvalue weighted by Crippen LogP contribution is -2.53. The molecular weight excluding hydrogens is 260 g/mol. The minimum atomic E-state index is -0.707. The molecule has 2 unspecified atom stereocenters. The Labute approximate surface area is 128 Å². The van der Waals surface area contributed by atoms with E-state index in [0.717, 1.165) is 45.2 Å². The molecule has 0 aromatic heterocycles. The summed E-state index contributed by atoms with van der Waals surface area (Å²) in [6.07, 6.45) is 4.96. The van der Waals surface area contributed by atoms with Gasteiger partial charge in [0.15, 0.2) is 0 Å². The lowest BCUT2D eigenvalue weighted by atomic mass is 9.92. The molecule has 21 heavy (non-hydrogen) atoms. The minimum absolute atomic E-state index is 0.123. The van der Waals surface area contributed by atoms with Crippen molar-refractivity contribution < 1.29 is 4.79 Å². The average Bonchev–Trinajstić information content (AvgIpc) is 2.73. The molecule has 1 aliphatic rings. The first-order chi connectivity index (χ1) is 10.0. The van der Waals surface area contributed by atoms with Gasteiger partial charge in [-0.3, -0.25) is 4.79 Å². The Morgan fingerprint density at radius 3 is 2.67 bits per heavy atom. The summed E-state index contributed by atoms with van der Waals surface area (Å²) in [7, 11) is 0. The van der Waals surface area contributed by atoms with Crippen LogP contribution < -0.4 is 5.73 Å². The highest BCUT2D eigenvalue weighted by molar-refractivity contribution is 5.85. The van der Waals surface area contributed by atoms with E-state index >= 15 is 0 Å². The molecule has 0 saturated carbocycles. The molecule has 0 aliphatic carbocycles. The Morgan fingerprint density at radius 1 is 1.29 bits per heavy atom. The zero-order valence-electron chi connectivity index (χ0n) is 13.3. The standard InChI is InChI=1S/C18H28N2O/c1-3-12-18(2,19)17(21)20-13-7-10-16(11-14-20)15-8-5-4-6-9-15/h4-6,8-9,16H,3,7,10-14,19H2,1-2H3. The SMILES string of the molecule is CCCC(C)(N)C(=O)N1CCCC(c2ccccc2)CC1. The number of rotatable bonds is 4. The third kappa shape index (κ3) is 4.07. The molecule has 3 heteroatoms. The van der Waals surface area contributed by atoms with Crippen molar-refractivity contribution in [1.82, 2.24) is 4.90 Å². The van der Waals surface area contributed by atoms with Crippen LogP contribution in [-0.4, -0.2) is 29.4 Å². The first kappa shape index (κ1) is 16.0. The molecule has 1 amide bonds. The molecule has 0 spiro atoms. The summed E-state index contributed by atoms with van der Waals surface area (Å²) in [5, 5.41) is 0. The second kappa shape index (κ2) is 7.08. The summed E-state index contributed by atoms with van der Waals surface area (Å²) in [5.41, 5.74) is 6.90. The van der Waals surface area contributed by atoms with Crippen molar-refractivity contribution in [2.24, 2.45) is 5.73 Å². The van der Waals surface area contributed by atoms with Crippen LogP contribution in [0.2, 0.25) is 0 Å². The number of benzene rings is 1. The predicted molar refractivity (Wildman–Crippen MR) is 87.1 cm³/mol. The van der Waals surface area contributed by atoms with Gasteiger partial charge in [-0.15, -0.1) is 0 Å². The van der Waals surface area contributed by atoms with Gasteiger partial charge >= 0.3 is 0 Å². The molecule has 0 radical (unpaired) electrons. The van der Waals surface area contributed by atoms with Crippen molar-refractivity contribution in [3.63, 3.8) is 0 Å². The fourth-order valence-corrected chi connectivity index (χ4v) is 3.35.